The number of carbonyl (C=O) groups is 11. The second-order valence-electron chi connectivity index (χ2n) is 22.6. The summed E-state index contributed by atoms with van der Waals surface area (Å²) in [5.74, 6) is -10.1. The molecule has 28 heteroatoms. The number of likely N-dealkylation sites (tertiary alicyclic amines) is 1. The Kier molecular flexibility index (Phi) is 25.5. The zero-order chi connectivity index (χ0) is 65.8. The number of nitrogens with zero attached hydrogens (tertiary/aromatic N) is 2. The molecule has 0 unspecified atom stereocenters. The number of aliphatic imine (C=N–C) groups is 1. The molecular formula is C62H83N15O13. The van der Waals surface area contributed by atoms with Crippen LogP contribution in [0.3, 0.4) is 0 Å². The lowest BCUT2D eigenvalue weighted by molar-refractivity contribution is -0.143. The fourth-order valence-corrected chi connectivity index (χ4v) is 10.8. The van der Waals surface area contributed by atoms with Crippen LogP contribution in [0.4, 0.5) is 0 Å². The van der Waals surface area contributed by atoms with Crippen molar-refractivity contribution < 1.29 is 63.0 Å². The number of unbranched alkanes of at least 4 members (excludes halogenated alkanes) is 1. The first-order valence-electron chi connectivity index (χ1n) is 30.0. The summed E-state index contributed by atoms with van der Waals surface area (Å²) in [6.45, 7) is 3.63. The van der Waals surface area contributed by atoms with Gasteiger partial charge in [0, 0.05) is 19.5 Å². The first-order valence-corrected chi connectivity index (χ1v) is 30.0. The van der Waals surface area contributed by atoms with Crippen LogP contribution < -0.4 is 71.2 Å². The van der Waals surface area contributed by atoms with Gasteiger partial charge in [-0.3, -0.25) is 57.7 Å². The Labute approximate surface area is 519 Å². The highest BCUT2D eigenvalue weighted by Crippen LogP contribution is 2.36. The number of phenolic OH excluding ortho intramolecular Hbond substituents is 1. The minimum absolute atomic E-state index is 0.0205. The predicted octanol–water partition coefficient (Wildman–Crippen LogP) is -1.82. The van der Waals surface area contributed by atoms with Crippen LogP contribution in [0.25, 0.3) is 32.3 Å². The van der Waals surface area contributed by atoms with Gasteiger partial charge in [-0.25, -0.2) is 0 Å². The molecule has 0 aromatic heterocycles. The number of primary amides is 2. The SMILES string of the molecule is CC[C@H](C)[C@H](NC(=O)[C@H](CCCN=C(N)N)NC(=O)CNC(=O)Cc1ccc2ccc3cccc4ccc1c2c34)C(=O)N[C@@H](CC(N)=O)C(=O)N1CCC[C@H]1C(=O)NCC(=O)N[C@H](C(=O)N[C@@H](CCCCN)C(=O)N[C@@H](Cc1ccc(O)cc1)C(N)=O)[C@@H](C)O. The number of hydrogen-bond donors (Lipinski definition) is 15. The average molecular weight is 1250 g/mol. The molecule has 0 spiro atoms. The van der Waals surface area contributed by atoms with Gasteiger partial charge >= 0.3 is 0 Å². The molecule has 1 fully saturated rings. The lowest BCUT2D eigenvalue weighted by Crippen LogP contribution is -2.60. The van der Waals surface area contributed by atoms with Crippen LogP contribution in [0, 0.1) is 5.92 Å². The number of hydrogen-bond acceptors (Lipinski definition) is 15. The first-order chi connectivity index (χ1) is 42.9. The Morgan fingerprint density at radius 2 is 1.22 bits per heavy atom. The number of aromatic hydroxyl groups is 1. The average Bonchev–Trinajstić information content (AvgIpc) is 0.878. The van der Waals surface area contributed by atoms with E-state index in [0.29, 0.717) is 24.8 Å². The summed E-state index contributed by atoms with van der Waals surface area (Å²) in [4.78, 5) is 154. The summed E-state index contributed by atoms with van der Waals surface area (Å²) in [6.07, 6.45) is -0.680. The van der Waals surface area contributed by atoms with Gasteiger partial charge in [-0.05, 0) is 120 Å². The Hall–Kier alpha value is -9.70. The van der Waals surface area contributed by atoms with Crippen LogP contribution in [-0.2, 0) is 65.6 Å². The van der Waals surface area contributed by atoms with E-state index in [9.17, 15) is 63.0 Å². The summed E-state index contributed by atoms with van der Waals surface area (Å²) in [6, 6.07) is 14.1. The first kappa shape index (κ1) is 69.4. The van der Waals surface area contributed by atoms with E-state index in [1.807, 2.05) is 48.5 Å². The van der Waals surface area contributed by atoms with Crippen molar-refractivity contribution >= 4 is 103 Å². The highest BCUT2D eigenvalue weighted by Gasteiger charge is 2.40. The lowest BCUT2D eigenvalue weighted by Gasteiger charge is -2.31. The van der Waals surface area contributed by atoms with E-state index in [0.717, 1.165) is 42.8 Å². The summed E-state index contributed by atoms with van der Waals surface area (Å²) in [5.41, 5.74) is 29.2. The Bertz CT molecular complexity index is 3410. The van der Waals surface area contributed by atoms with Crippen molar-refractivity contribution in [1.29, 1.82) is 0 Å². The summed E-state index contributed by atoms with van der Waals surface area (Å²) >= 11 is 0. The van der Waals surface area contributed by atoms with E-state index >= 15 is 0 Å². The number of nitrogens with two attached hydrogens (primary N) is 5. The monoisotopic (exact) mass is 1250 g/mol. The molecule has 5 aromatic carbocycles. The lowest BCUT2D eigenvalue weighted by atomic mass is 9.91. The molecule has 20 N–H and O–H groups in total. The Morgan fingerprint density at radius 3 is 1.87 bits per heavy atom. The van der Waals surface area contributed by atoms with Gasteiger partial charge in [-0.15, -0.1) is 0 Å². The van der Waals surface area contributed by atoms with Crippen molar-refractivity contribution in [3.05, 3.63) is 90.0 Å². The van der Waals surface area contributed by atoms with Gasteiger partial charge in [0.25, 0.3) is 0 Å². The molecule has 0 radical (unpaired) electrons. The maximum Gasteiger partial charge on any atom is 0.246 e. The highest BCUT2D eigenvalue weighted by molar-refractivity contribution is 6.23. The molecule has 0 saturated carbocycles. The largest absolute Gasteiger partial charge is 0.508 e. The fraction of sp³-hybridized carbons (Fsp3) is 0.452. The van der Waals surface area contributed by atoms with Crippen molar-refractivity contribution in [1.82, 2.24) is 47.4 Å². The standard InChI is InChI=1S/C62H83N15O13/c1-4-33(2)53(76-57(86)42(13-8-26-68-62(66)67)71-49(82)31-69-48(81)29-39-20-19-38-18-17-36-10-7-11-37-21-24-41(39)52(38)51(36)37)59(88)74-45(30-47(64)80)61(90)77-27-9-14-46(77)58(87)70-32-50(83)75-54(34(3)78)60(89)72-43(12-5-6-25-63)56(85)73-44(55(65)84)28-35-15-22-40(79)23-16-35/h7,10-11,15-24,33-34,42-46,53-54,78-79H,4-6,8-9,12-14,25-32,63H2,1-3H3,(H2,64,80)(H2,65,84)(H,69,81)(H,70,87)(H,71,82)(H,72,89)(H,73,85)(H,74,88)(H,75,83)(H,76,86)(H4,66,67,68)/t33-,34+,42-,43-,44-,45-,46-,53-,54-/m0/s1. The van der Waals surface area contributed by atoms with E-state index < -0.39 is 139 Å². The summed E-state index contributed by atoms with van der Waals surface area (Å²) in [7, 11) is 0. The number of nitrogens with one attached hydrogen (secondary N) is 8. The third-order valence-corrected chi connectivity index (χ3v) is 15.8. The van der Waals surface area contributed by atoms with Gasteiger partial charge in [0.1, 0.15) is 48.0 Å². The molecule has 1 aliphatic heterocycles. The van der Waals surface area contributed by atoms with Crippen LogP contribution in [0.15, 0.2) is 83.9 Å². The van der Waals surface area contributed by atoms with Gasteiger partial charge in [-0.1, -0.05) is 87.0 Å². The van der Waals surface area contributed by atoms with E-state index in [1.165, 1.54) is 31.2 Å². The van der Waals surface area contributed by atoms with Crippen molar-refractivity contribution in [2.75, 3.05) is 32.7 Å². The van der Waals surface area contributed by atoms with E-state index in [-0.39, 0.29) is 76.3 Å². The van der Waals surface area contributed by atoms with Gasteiger partial charge in [-0.2, -0.15) is 0 Å². The third kappa shape index (κ3) is 19.4. The number of guanidine groups is 1. The zero-order valence-corrected chi connectivity index (χ0v) is 50.7. The van der Waals surface area contributed by atoms with Gasteiger partial charge in [0.05, 0.1) is 32.0 Å². The topological polar surface area (TPSA) is 470 Å². The predicted molar refractivity (Wildman–Crippen MR) is 335 cm³/mol. The maximum atomic E-state index is 14.3. The molecule has 1 aliphatic rings. The second-order valence-corrected chi connectivity index (χ2v) is 22.6. The van der Waals surface area contributed by atoms with Crippen LogP contribution in [0.5, 0.6) is 5.75 Å². The van der Waals surface area contributed by atoms with Crippen LogP contribution in [0.2, 0.25) is 0 Å². The van der Waals surface area contributed by atoms with E-state index in [4.69, 9.17) is 28.7 Å². The van der Waals surface area contributed by atoms with Gasteiger partial charge in [0.15, 0.2) is 5.96 Å². The van der Waals surface area contributed by atoms with Crippen LogP contribution in [0.1, 0.15) is 89.7 Å². The number of aliphatic hydroxyl groups excluding tert-OH is 1. The number of amides is 11. The van der Waals surface area contributed by atoms with E-state index in [1.54, 1.807) is 13.8 Å². The smallest absolute Gasteiger partial charge is 0.246 e. The van der Waals surface area contributed by atoms with Crippen molar-refractivity contribution in [2.24, 2.45) is 39.6 Å². The molecule has 484 valence electrons. The molecule has 1 heterocycles. The highest BCUT2D eigenvalue weighted by atomic mass is 16.3. The molecule has 0 bridgehead atoms. The molecule has 6 rings (SSSR count). The second kappa shape index (κ2) is 33.0. The van der Waals surface area contributed by atoms with Crippen molar-refractivity contribution in [3.63, 3.8) is 0 Å². The number of rotatable bonds is 34. The Morgan fingerprint density at radius 1 is 0.633 bits per heavy atom. The number of aliphatic hydroxyl groups is 1. The molecule has 5 aromatic rings. The third-order valence-electron chi connectivity index (χ3n) is 15.8. The van der Waals surface area contributed by atoms with Gasteiger partial charge in [0.2, 0.25) is 65.0 Å². The van der Waals surface area contributed by atoms with Crippen LogP contribution in [-0.4, -0.2) is 167 Å². The van der Waals surface area contributed by atoms with Gasteiger partial charge < -0.3 is 86.3 Å². The number of benzene rings is 5. The van der Waals surface area contributed by atoms with E-state index in [2.05, 4.69) is 53.6 Å². The fourth-order valence-electron chi connectivity index (χ4n) is 10.8. The number of phenols is 1. The molecule has 9 atom stereocenters. The molecule has 0 aliphatic carbocycles. The molecule has 1 saturated heterocycles. The Balaban J connectivity index is 1.06. The zero-order valence-electron chi connectivity index (χ0n) is 50.7. The van der Waals surface area contributed by atoms with Crippen molar-refractivity contribution in [3.8, 4) is 5.75 Å². The van der Waals surface area contributed by atoms with Crippen LogP contribution >= 0.6 is 0 Å². The molecular weight excluding hydrogens is 1160 g/mol. The molecule has 11 amide bonds. The summed E-state index contributed by atoms with van der Waals surface area (Å²) in [5, 5.41) is 46.8. The molecule has 90 heavy (non-hydrogen) atoms. The normalized spacial score (nSPS) is 15.6. The van der Waals surface area contributed by atoms with Crippen molar-refractivity contribution in [2.45, 2.75) is 140 Å². The minimum Gasteiger partial charge on any atom is -0.508 e. The summed E-state index contributed by atoms with van der Waals surface area (Å²) < 4.78 is 0. The maximum absolute atomic E-state index is 14.3. The molecule has 28 nitrogen and oxygen atoms in total. The quantitative estimate of drug-likeness (QED) is 0.00933. The minimum atomic E-state index is -1.67. The number of carbonyl (C=O) groups excluding carboxylic acids is 11.